The van der Waals surface area contributed by atoms with E-state index in [9.17, 15) is 4.79 Å². The van der Waals surface area contributed by atoms with Gasteiger partial charge in [0.05, 0.1) is 5.69 Å². The summed E-state index contributed by atoms with van der Waals surface area (Å²) in [5.74, 6) is 0.317. The summed E-state index contributed by atoms with van der Waals surface area (Å²) in [7, 11) is 0. The number of aromatic nitrogens is 3. The van der Waals surface area contributed by atoms with Gasteiger partial charge in [-0.15, -0.1) is 0 Å². The molecule has 1 aliphatic heterocycles. The maximum atomic E-state index is 12.1. The number of rotatable bonds is 3. The molecule has 2 aromatic heterocycles. The normalized spacial score (nSPS) is 17.1. The highest BCUT2D eigenvalue weighted by atomic mass is 32.1. The topological polar surface area (TPSA) is 62.5 Å². The summed E-state index contributed by atoms with van der Waals surface area (Å²) in [6.45, 7) is 8.89. The first-order chi connectivity index (χ1) is 9.63. The molecule has 0 bridgehead atoms. The van der Waals surface area contributed by atoms with Crippen molar-refractivity contribution in [3.8, 4) is 0 Å². The molecule has 0 aromatic carbocycles. The SMILES string of the molecule is CC(C)c1nn2c(=O)cc(CN3CCNCC3)nc2s1. The molecule has 0 spiro atoms. The van der Waals surface area contributed by atoms with Crippen molar-refractivity contribution in [2.75, 3.05) is 26.2 Å². The molecule has 3 heterocycles. The number of piperazine rings is 1. The van der Waals surface area contributed by atoms with Crippen molar-refractivity contribution in [3.05, 3.63) is 27.1 Å². The van der Waals surface area contributed by atoms with Crippen molar-refractivity contribution < 1.29 is 0 Å². The number of hydrogen-bond donors (Lipinski definition) is 1. The van der Waals surface area contributed by atoms with Crippen LogP contribution >= 0.6 is 11.3 Å². The lowest BCUT2D eigenvalue weighted by atomic mass is 10.2. The van der Waals surface area contributed by atoms with Crippen molar-refractivity contribution in [1.82, 2.24) is 24.8 Å². The summed E-state index contributed by atoms with van der Waals surface area (Å²) in [6.07, 6.45) is 0. The monoisotopic (exact) mass is 293 g/mol. The minimum absolute atomic E-state index is 0.0803. The van der Waals surface area contributed by atoms with Gasteiger partial charge >= 0.3 is 0 Å². The van der Waals surface area contributed by atoms with Crippen LogP contribution in [0.2, 0.25) is 0 Å². The maximum absolute atomic E-state index is 12.1. The van der Waals surface area contributed by atoms with Gasteiger partial charge in [0.1, 0.15) is 5.01 Å². The van der Waals surface area contributed by atoms with Crippen LogP contribution in [0.1, 0.15) is 30.5 Å². The second kappa shape index (κ2) is 5.59. The van der Waals surface area contributed by atoms with Gasteiger partial charge in [-0.25, -0.2) is 4.98 Å². The molecule has 0 aliphatic carbocycles. The van der Waals surface area contributed by atoms with Gasteiger partial charge in [-0.2, -0.15) is 9.61 Å². The van der Waals surface area contributed by atoms with Crippen LogP contribution in [0.3, 0.4) is 0 Å². The van der Waals surface area contributed by atoms with E-state index in [-0.39, 0.29) is 5.56 Å². The van der Waals surface area contributed by atoms with Crippen molar-refractivity contribution in [2.24, 2.45) is 0 Å². The number of nitrogens with zero attached hydrogens (tertiary/aromatic N) is 4. The number of hydrogen-bond acceptors (Lipinski definition) is 6. The van der Waals surface area contributed by atoms with Gasteiger partial charge < -0.3 is 5.32 Å². The molecule has 3 rings (SSSR count). The summed E-state index contributed by atoms with van der Waals surface area (Å²) in [4.78, 5) is 19.7. The molecule has 0 saturated carbocycles. The van der Waals surface area contributed by atoms with Gasteiger partial charge in [0.15, 0.2) is 0 Å². The first-order valence-electron chi connectivity index (χ1n) is 6.96. The molecule has 0 radical (unpaired) electrons. The average molecular weight is 293 g/mol. The van der Waals surface area contributed by atoms with Crippen LogP contribution in [0, 0.1) is 0 Å². The van der Waals surface area contributed by atoms with E-state index in [4.69, 9.17) is 0 Å². The Labute approximate surface area is 121 Å². The van der Waals surface area contributed by atoms with Gasteiger partial charge in [0, 0.05) is 44.7 Å². The molecule has 1 N–H and O–H groups in total. The Morgan fingerprint density at radius 3 is 2.85 bits per heavy atom. The summed E-state index contributed by atoms with van der Waals surface area (Å²) in [5.41, 5.74) is 0.763. The lowest BCUT2D eigenvalue weighted by molar-refractivity contribution is 0.231. The minimum atomic E-state index is -0.0803. The van der Waals surface area contributed by atoms with E-state index in [1.807, 2.05) is 0 Å². The Morgan fingerprint density at radius 2 is 2.15 bits per heavy atom. The standard InChI is InChI=1S/C13H19N5OS/c1-9(2)12-16-18-11(19)7-10(15-13(18)20-12)8-17-5-3-14-4-6-17/h7,9,14H,3-6,8H2,1-2H3. The second-order valence-corrected chi connectivity index (χ2v) is 6.39. The second-order valence-electron chi connectivity index (χ2n) is 5.40. The van der Waals surface area contributed by atoms with E-state index in [1.165, 1.54) is 15.9 Å². The van der Waals surface area contributed by atoms with Gasteiger partial charge in [-0.05, 0) is 0 Å². The molecule has 1 aliphatic rings. The first kappa shape index (κ1) is 13.7. The fourth-order valence-corrected chi connectivity index (χ4v) is 3.21. The third-order valence-electron chi connectivity index (χ3n) is 3.40. The zero-order valence-corrected chi connectivity index (χ0v) is 12.6. The van der Waals surface area contributed by atoms with E-state index in [0.29, 0.717) is 10.9 Å². The molecule has 7 heteroatoms. The molecule has 0 amide bonds. The lowest BCUT2D eigenvalue weighted by Gasteiger charge is -2.26. The Bertz CT molecular complexity index is 656. The average Bonchev–Trinajstić information content (AvgIpc) is 2.84. The van der Waals surface area contributed by atoms with Gasteiger partial charge in [0.2, 0.25) is 4.96 Å². The van der Waals surface area contributed by atoms with Crippen molar-refractivity contribution in [1.29, 1.82) is 0 Å². The lowest BCUT2D eigenvalue weighted by Crippen LogP contribution is -2.43. The van der Waals surface area contributed by atoms with Crippen LogP contribution in [-0.4, -0.2) is 45.7 Å². The largest absolute Gasteiger partial charge is 0.314 e. The Balaban J connectivity index is 1.90. The Hall–Kier alpha value is -1.31. The number of fused-ring (bicyclic) bond motifs is 1. The molecule has 6 nitrogen and oxygen atoms in total. The third kappa shape index (κ3) is 2.74. The van der Waals surface area contributed by atoms with E-state index < -0.39 is 0 Å². The Kier molecular flexibility index (Phi) is 3.82. The van der Waals surface area contributed by atoms with E-state index in [2.05, 4.69) is 34.1 Å². The van der Waals surface area contributed by atoms with Crippen molar-refractivity contribution in [2.45, 2.75) is 26.3 Å². The first-order valence-corrected chi connectivity index (χ1v) is 7.78. The van der Waals surface area contributed by atoms with Crippen LogP contribution in [-0.2, 0) is 6.54 Å². The zero-order chi connectivity index (χ0) is 14.1. The highest BCUT2D eigenvalue weighted by molar-refractivity contribution is 7.16. The van der Waals surface area contributed by atoms with E-state index in [0.717, 1.165) is 43.4 Å². The summed E-state index contributed by atoms with van der Waals surface area (Å²) < 4.78 is 1.42. The van der Waals surface area contributed by atoms with Crippen molar-refractivity contribution in [3.63, 3.8) is 0 Å². The smallest absolute Gasteiger partial charge is 0.275 e. The molecule has 20 heavy (non-hydrogen) atoms. The highest BCUT2D eigenvalue weighted by Gasteiger charge is 2.14. The molecule has 108 valence electrons. The van der Waals surface area contributed by atoms with E-state index in [1.54, 1.807) is 6.07 Å². The van der Waals surface area contributed by atoms with Crippen LogP contribution in [0.5, 0.6) is 0 Å². The molecular weight excluding hydrogens is 274 g/mol. The highest BCUT2D eigenvalue weighted by Crippen LogP contribution is 2.20. The fraction of sp³-hybridized carbons (Fsp3) is 0.615. The van der Waals surface area contributed by atoms with Crippen LogP contribution in [0.4, 0.5) is 0 Å². The number of nitrogens with one attached hydrogen (secondary N) is 1. The quantitative estimate of drug-likeness (QED) is 0.901. The molecule has 1 fully saturated rings. The molecular formula is C13H19N5OS. The molecule has 1 saturated heterocycles. The third-order valence-corrected chi connectivity index (χ3v) is 4.61. The molecule has 0 atom stereocenters. The molecule has 2 aromatic rings. The van der Waals surface area contributed by atoms with Crippen LogP contribution in [0.25, 0.3) is 4.96 Å². The summed E-state index contributed by atoms with van der Waals surface area (Å²) >= 11 is 1.51. The Morgan fingerprint density at radius 1 is 1.40 bits per heavy atom. The van der Waals surface area contributed by atoms with Crippen molar-refractivity contribution >= 4 is 16.3 Å². The fourth-order valence-electron chi connectivity index (χ4n) is 2.28. The molecule has 0 unspecified atom stereocenters. The summed E-state index contributed by atoms with van der Waals surface area (Å²) in [5, 5.41) is 8.61. The van der Waals surface area contributed by atoms with E-state index >= 15 is 0 Å². The van der Waals surface area contributed by atoms with Gasteiger partial charge in [-0.3, -0.25) is 9.69 Å². The summed E-state index contributed by atoms with van der Waals surface area (Å²) in [6, 6.07) is 1.61. The van der Waals surface area contributed by atoms with Gasteiger partial charge in [-0.1, -0.05) is 25.2 Å². The van der Waals surface area contributed by atoms with Gasteiger partial charge in [0.25, 0.3) is 5.56 Å². The maximum Gasteiger partial charge on any atom is 0.275 e. The van der Waals surface area contributed by atoms with Crippen LogP contribution < -0.4 is 10.9 Å². The minimum Gasteiger partial charge on any atom is -0.314 e. The van der Waals surface area contributed by atoms with Crippen LogP contribution in [0.15, 0.2) is 10.9 Å². The predicted octanol–water partition coefficient (Wildman–Crippen LogP) is 0.680. The zero-order valence-electron chi connectivity index (χ0n) is 11.8. The predicted molar refractivity (Wildman–Crippen MR) is 79.4 cm³/mol.